The van der Waals surface area contributed by atoms with Gasteiger partial charge in [0.15, 0.2) is 0 Å². The van der Waals surface area contributed by atoms with E-state index in [2.05, 4.69) is 20.6 Å². The van der Waals surface area contributed by atoms with Gasteiger partial charge >= 0.3 is 49.8 Å². The van der Waals surface area contributed by atoms with Gasteiger partial charge in [-0.3, -0.25) is 0 Å². The second kappa shape index (κ2) is 1.63. The molecule has 0 aromatic carbocycles. The van der Waals surface area contributed by atoms with Crippen LogP contribution in [0, 0.1) is 0 Å². The molecule has 0 unspecified atom stereocenters. The van der Waals surface area contributed by atoms with Crippen LogP contribution in [0.3, 0.4) is 0 Å². The average molecular weight is 276 g/mol. The van der Waals surface area contributed by atoms with E-state index in [9.17, 15) is 0 Å². The van der Waals surface area contributed by atoms with Gasteiger partial charge in [-0.05, 0) is 0 Å². The summed E-state index contributed by atoms with van der Waals surface area (Å²) in [5.74, 6) is 0. The Labute approximate surface area is 50.0 Å². The molecule has 1 aromatic heterocycles. The Bertz CT molecular complexity index is 111. The number of nitrogens with one attached hydrogen (secondary N) is 1. The fourth-order valence-electron chi connectivity index (χ4n) is 0.162. The Balaban J connectivity index is 3.05. The Morgan fingerprint density at radius 2 is 2.50 bits per heavy atom. The standard InChI is InChI=1S/CHN4.Pb/c1-2-4-5-3-1;/h(H,2,3,4,5);. The molecule has 0 bridgehead atoms. The van der Waals surface area contributed by atoms with Gasteiger partial charge in [-0.1, -0.05) is 0 Å². The number of hydrogen-bond donors (Lipinski definition) is 1. The van der Waals surface area contributed by atoms with Gasteiger partial charge in [0, 0.05) is 0 Å². The molecule has 1 aromatic rings. The summed E-state index contributed by atoms with van der Waals surface area (Å²) in [6, 6.07) is 0. The molecule has 0 saturated heterocycles. The van der Waals surface area contributed by atoms with Gasteiger partial charge in [0.25, 0.3) is 0 Å². The van der Waals surface area contributed by atoms with Crippen LogP contribution in [0.1, 0.15) is 0 Å². The summed E-state index contributed by atoms with van der Waals surface area (Å²) in [4.78, 5) is 0. The normalized spacial score (nSPS) is 8.83. The van der Waals surface area contributed by atoms with E-state index in [0.29, 0.717) is 0 Å². The van der Waals surface area contributed by atoms with Gasteiger partial charge in [0.05, 0.1) is 0 Å². The fourth-order valence-corrected chi connectivity index (χ4v) is 0.551. The summed E-state index contributed by atoms with van der Waals surface area (Å²) in [5, 5.41) is 12.9. The quantitative estimate of drug-likeness (QED) is 0.557. The van der Waals surface area contributed by atoms with Crippen molar-refractivity contribution in [2.75, 3.05) is 0 Å². The zero-order valence-electron chi connectivity index (χ0n) is 2.84. The van der Waals surface area contributed by atoms with Crippen LogP contribution in [0.25, 0.3) is 0 Å². The van der Waals surface area contributed by atoms with E-state index in [-0.39, 0.29) is 0 Å². The summed E-state index contributed by atoms with van der Waals surface area (Å²) < 4.78 is 0.815. The van der Waals surface area contributed by atoms with Crippen LogP contribution in [0.5, 0.6) is 0 Å². The van der Waals surface area contributed by atoms with Crippen LogP contribution in [-0.2, 0) is 0 Å². The first kappa shape index (κ1) is 4.16. The van der Waals surface area contributed by atoms with Gasteiger partial charge < -0.3 is 0 Å². The van der Waals surface area contributed by atoms with Gasteiger partial charge in [-0.2, -0.15) is 0 Å². The second-order valence-electron chi connectivity index (χ2n) is 0.735. The zero-order valence-corrected chi connectivity index (χ0v) is 6.73. The summed E-state index contributed by atoms with van der Waals surface area (Å²) in [7, 11) is 0. The molecule has 6 heavy (non-hydrogen) atoms. The molecule has 0 amide bonds. The number of rotatable bonds is 0. The number of hydrogen-bond acceptors (Lipinski definition) is 3. The Morgan fingerprint density at radius 1 is 1.67 bits per heavy atom. The molecular weight excluding hydrogens is 275 g/mol. The van der Waals surface area contributed by atoms with Crippen molar-refractivity contribution in [2.45, 2.75) is 0 Å². The molecule has 0 aliphatic heterocycles. The molecule has 0 fully saturated rings. The summed E-state index contributed by atoms with van der Waals surface area (Å²) in [5.41, 5.74) is 0. The van der Waals surface area contributed by atoms with Crippen LogP contribution in [0.4, 0.5) is 0 Å². The van der Waals surface area contributed by atoms with Crippen molar-refractivity contribution in [3.63, 3.8) is 0 Å². The first-order valence-electron chi connectivity index (χ1n) is 1.34. The number of nitrogens with zero attached hydrogens (tertiary/aromatic N) is 3. The molecule has 0 aliphatic carbocycles. The Morgan fingerprint density at radius 3 is 2.67 bits per heavy atom. The second-order valence-corrected chi connectivity index (χ2v) is 2.47. The first-order valence-corrected chi connectivity index (χ1v) is 3.29. The van der Waals surface area contributed by atoms with Gasteiger partial charge in [0.1, 0.15) is 0 Å². The Hall–Kier alpha value is -0.00792. The Kier molecular flexibility index (Phi) is 1.13. The molecule has 0 saturated carbocycles. The van der Waals surface area contributed by atoms with Crippen molar-refractivity contribution in [3.05, 3.63) is 0 Å². The minimum absolute atomic E-state index is 0.815. The predicted molar refractivity (Wildman–Crippen MR) is 19.6 cm³/mol. The van der Waals surface area contributed by atoms with Crippen LogP contribution in [0.2, 0.25) is 0 Å². The average Bonchev–Trinajstić information content (AvgIpc) is 1.86. The maximum absolute atomic E-state index is 3.63. The third-order valence-corrected chi connectivity index (χ3v) is 1.17. The van der Waals surface area contributed by atoms with Gasteiger partial charge in [-0.15, -0.1) is 0 Å². The summed E-state index contributed by atoms with van der Waals surface area (Å²) in [6.07, 6.45) is 0. The van der Waals surface area contributed by atoms with Crippen LogP contribution in [0.15, 0.2) is 0 Å². The molecule has 1 N–H and O–H groups in total. The molecule has 5 heteroatoms. The number of H-pyrrole nitrogens is 1. The zero-order chi connectivity index (χ0) is 4.41. The van der Waals surface area contributed by atoms with E-state index < -0.39 is 0 Å². The number of aromatic nitrogens is 4. The third kappa shape index (κ3) is 0.731. The van der Waals surface area contributed by atoms with E-state index in [4.69, 9.17) is 0 Å². The van der Waals surface area contributed by atoms with E-state index in [0.717, 1.165) is 29.2 Å². The topological polar surface area (TPSA) is 54.5 Å². The predicted octanol–water partition coefficient (Wildman–Crippen LogP) is -2.01. The number of tetrazole rings is 1. The van der Waals surface area contributed by atoms with E-state index >= 15 is 0 Å². The van der Waals surface area contributed by atoms with Crippen molar-refractivity contribution >= 4 is 29.2 Å². The summed E-state index contributed by atoms with van der Waals surface area (Å²) in [6.45, 7) is 0. The van der Waals surface area contributed by atoms with E-state index in [1.807, 2.05) is 0 Å². The van der Waals surface area contributed by atoms with Gasteiger partial charge in [0.2, 0.25) is 0 Å². The molecule has 1 rings (SSSR count). The molecule has 0 spiro atoms. The van der Waals surface area contributed by atoms with Crippen molar-refractivity contribution in [1.82, 2.24) is 20.6 Å². The minimum atomic E-state index is 0.815. The fraction of sp³-hybridized carbons (Fsp3) is 0. The summed E-state index contributed by atoms with van der Waals surface area (Å²) >= 11 is 0.880. The molecule has 1 heterocycles. The van der Waals surface area contributed by atoms with E-state index in [1.54, 1.807) is 0 Å². The van der Waals surface area contributed by atoms with Gasteiger partial charge in [-0.25, -0.2) is 0 Å². The van der Waals surface area contributed by atoms with Crippen LogP contribution in [-0.4, -0.2) is 46.4 Å². The molecule has 4 nitrogen and oxygen atoms in total. The maximum atomic E-state index is 3.63. The first-order chi connectivity index (χ1) is 2.89. The van der Waals surface area contributed by atoms with Crippen molar-refractivity contribution in [1.29, 1.82) is 0 Å². The van der Waals surface area contributed by atoms with Crippen molar-refractivity contribution in [2.24, 2.45) is 0 Å². The third-order valence-electron chi connectivity index (χ3n) is 0.345. The van der Waals surface area contributed by atoms with Crippen molar-refractivity contribution < 1.29 is 0 Å². The van der Waals surface area contributed by atoms with Crippen LogP contribution >= 0.6 is 0 Å². The molecule has 0 aliphatic rings. The molecule has 0 atom stereocenters. The van der Waals surface area contributed by atoms with E-state index in [1.165, 1.54) is 0 Å². The van der Waals surface area contributed by atoms with Crippen molar-refractivity contribution in [3.8, 4) is 0 Å². The SMILES string of the molecule is [Pb][c]1nn[nH]n1. The number of aromatic amines is 1. The van der Waals surface area contributed by atoms with Crippen LogP contribution < -0.4 is 3.38 Å². The monoisotopic (exact) mass is 277 g/mol. The molecule has 29 valence electrons. The molecule has 3 radical (unpaired) electrons. The molecular formula is CHN4Pb.